The molecule has 0 aliphatic heterocycles. The monoisotopic (exact) mass is 347 g/mol. The van der Waals surface area contributed by atoms with Gasteiger partial charge in [0, 0.05) is 6.54 Å². The zero-order chi connectivity index (χ0) is 17.5. The van der Waals surface area contributed by atoms with Crippen LogP contribution in [0.15, 0.2) is 36.4 Å². The van der Waals surface area contributed by atoms with Crippen LogP contribution in [0.1, 0.15) is 34.3 Å². The lowest BCUT2D eigenvalue weighted by molar-refractivity contribution is 0.0698. The molecule has 5 heteroatoms. The maximum absolute atomic E-state index is 11.2. The number of carboxylic acids is 1. The third-order valence-corrected chi connectivity index (χ3v) is 3.90. The van der Waals surface area contributed by atoms with Gasteiger partial charge in [0.1, 0.15) is 5.75 Å². The Bertz CT molecular complexity index is 696. The highest BCUT2D eigenvalue weighted by molar-refractivity contribution is 6.34. The van der Waals surface area contributed by atoms with Crippen molar-refractivity contribution in [3.63, 3.8) is 0 Å². The van der Waals surface area contributed by atoms with E-state index in [0.717, 1.165) is 18.6 Å². The molecule has 0 saturated carbocycles. The maximum Gasteiger partial charge on any atom is 0.337 e. The molecule has 2 N–H and O–H groups in total. The van der Waals surface area contributed by atoms with Crippen LogP contribution < -0.4 is 10.1 Å². The molecule has 0 radical (unpaired) electrons. The van der Waals surface area contributed by atoms with Crippen molar-refractivity contribution in [3.05, 3.63) is 58.1 Å². The molecule has 4 nitrogen and oxygen atoms in total. The summed E-state index contributed by atoms with van der Waals surface area (Å²) >= 11 is 6.07. The number of ether oxygens (including phenoxy) is 1. The van der Waals surface area contributed by atoms with Crippen LogP contribution in [0.5, 0.6) is 5.75 Å². The number of halogens is 1. The first-order valence-corrected chi connectivity index (χ1v) is 8.32. The van der Waals surface area contributed by atoms with Crippen LogP contribution in [0.2, 0.25) is 5.02 Å². The van der Waals surface area contributed by atoms with Crippen molar-refractivity contribution in [1.29, 1.82) is 0 Å². The highest BCUT2D eigenvalue weighted by atomic mass is 35.5. The molecule has 0 heterocycles. The molecule has 0 aliphatic rings. The SMILES string of the molecule is Cc1cc(C)cc(OCCCCNc2c(Cl)cccc2C(=O)O)c1. The van der Waals surface area contributed by atoms with E-state index in [1.165, 1.54) is 11.1 Å². The Kier molecular flexibility index (Phi) is 6.50. The predicted molar refractivity (Wildman–Crippen MR) is 97.5 cm³/mol. The highest BCUT2D eigenvalue weighted by Gasteiger charge is 2.12. The number of para-hydroxylation sites is 1. The molecule has 2 aromatic carbocycles. The Balaban J connectivity index is 1.77. The number of hydrogen-bond donors (Lipinski definition) is 2. The van der Waals surface area contributed by atoms with Gasteiger partial charge >= 0.3 is 5.97 Å². The van der Waals surface area contributed by atoms with E-state index in [1.54, 1.807) is 18.2 Å². The van der Waals surface area contributed by atoms with E-state index in [9.17, 15) is 9.90 Å². The average Bonchev–Trinajstić information content (AvgIpc) is 2.50. The average molecular weight is 348 g/mol. The molecular formula is C19H22ClNO3. The second-order valence-electron chi connectivity index (χ2n) is 5.77. The Morgan fingerprint density at radius 1 is 1.17 bits per heavy atom. The van der Waals surface area contributed by atoms with Gasteiger partial charge in [0.15, 0.2) is 0 Å². The van der Waals surface area contributed by atoms with E-state index in [1.807, 2.05) is 26.0 Å². The van der Waals surface area contributed by atoms with Crippen LogP contribution in [-0.2, 0) is 0 Å². The van der Waals surface area contributed by atoms with Crippen LogP contribution in [0.3, 0.4) is 0 Å². The summed E-state index contributed by atoms with van der Waals surface area (Å²) in [6, 6.07) is 11.0. The third kappa shape index (κ3) is 5.17. The molecule has 2 aromatic rings. The molecule has 2 rings (SSSR count). The zero-order valence-electron chi connectivity index (χ0n) is 13.9. The number of rotatable bonds is 8. The maximum atomic E-state index is 11.2. The van der Waals surface area contributed by atoms with Crippen molar-refractivity contribution in [2.75, 3.05) is 18.5 Å². The molecule has 24 heavy (non-hydrogen) atoms. The number of nitrogens with one attached hydrogen (secondary N) is 1. The van der Waals surface area contributed by atoms with Crippen molar-refractivity contribution in [2.24, 2.45) is 0 Å². The molecule has 0 amide bonds. The number of unbranched alkanes of at least 4 members (excludes halogenated alkanes) is 1. The number of carboxylic acid groups (broad SMARTS) is 1. The Labute approximate surface area is 147 Å². The van der Waals surface area contributed by atoms with E-state index in [-0.39, 0.29) is 5.56 Å². The van der Waals surface area contributed by atoms with Gasteiger partial charge in [0.05, 0.1) is 22.9 Å². The van der Waals surface area contributed by atoms with Crippen LogP contribution in [0.25, 0.3) is 0 Å². The van der Waals surface area contributed by atoms with Gasteiger partial charge in [-0.25, -0.2) is 4.79 Å². The quantitative estimate of drug-likeness (QED) is 0.665. The summed E-state index contributed by atoms with van der Waals surface area (Å²) in [7, 11) is 0. The van der Waals surface area contributed by atoms with E-state index >= 15 is 0 Å². The standard InChI is InChI=1S/C19H22ClNO3/c1-13-10-14(2)12-15(11-13)24-9-4-3-8-21-18-16(19(22)23)6-5-7-17(18)20/h5-7,10-12,21H,3-4,8-9H2,1-2H3,(H,22,23). The van der Waals surface area contributed by atoms with E-state index in [4.69, 9.17) is 16.3 Å². The molecule has 0 atom stereocenters. The Hall–Kier alpha value is -2.20. The molecular weight excluding hydrogens is 326 g/mol. The topological polar surface area (TPSA) is 58.6 Å². The fraction of sp³-hybridized carbons (Fsp3) is 0.316. The molecule has 0 aromatic heterocycles. The van der Waals surface area contributed by atoms with Gasteiger partial charge in [-0.3, -0.25) is 0 Å². The first kappa shape index (κ1) is 18.1. The van der Waals surface area contributed by atoms with Crippen molar-refractivity contribution in [1.82, 2.24) is 0 Å². The second kappa shape index (κ2) is 8.60. The largest absolute Gasteiger partial charge is 0.494 e. The first-order valence-electron chi connectivity index (χ1n) is 7.94. The van der Waals surface area contributed by atoms with Crippen LogP contribution in [0, 0.1) is 13.8 Å². The summed E-state index contributed by atoms with van der Waals surface area (Å²) in [4.78, 5) is 11.2. The highest BCUT2D eigenvalue weighted by Crippen LogP contribution is 2.26. The molecule has 0 unspecified atom stereocenters. The molecule has 0 spiro atoms. The van der Waals surface area contributed by atoms with Crippen LogP contribution in [0.4, 0.5) is 5.69 Å². The number of aromatic carboxylic acids is 1. The minimum absolute atomic E-state index is 0.189. The van der Waals surface area contributed by atoms with Crippen molar-refractivity contribution < 1.29 is 14.6 Å². The molecule has 0 bridgehead atoms. The fourth-order valence-corrected chi connectivity index (χ4v) is 2.77. The van der Waals surface area contributed by atoms with Gasteiger partial charge in [0.25, 0.3) is 0 Å². The summed E-state index contributed by atoms with van der Waals surface area (Å²) in [5.74, 6) is -0.0992. The van der Waals surface area contributed by atoms with E-state index in [2.05, 4.69) is 11.4 Å². The van der Waals surface area contributed by atoms with Crippen LogP contribution in [-0.4, -0.2) is 24.2 Å². The summed E-state index contributed by atoms with van der Waals surface area (Å²) in [5.41, 5.74) is 3.04. The lowest BCUT2D eigenvalue weighted by atomic mass is 10.1. The number of hydrogen-bond acceptors (Lipinski definition) is 3. The van der Waals surface area contributed by atoms with Gasteiger partial charge in [0.2, 0.25) is 0 Å². The zero-order valence-corrected chi connectivity index (χ0v) is 14.7. The Morgan fingerprint density at radius 3 is 2.54 bits per heavy atom. The smallest absolute Gasteiger partial charge is 0.337 e. The Morgan fingerprint density at radius 2 is 1.88 bits per heavy atom. The van der Waals surface area contributed by atoms with Crippen molar-refractivity contribution >= 4 is 23.3 Å². The van der Waals surface area contributed by atoms with E-state index < -0.39 is 5.97 Å². The summed E-state index contributed by atoms with van der Waals surface area (Å²) < 4.78 is 5.76. The fourth-order valence-electron chi connectivity index (χ4n) is 2.53. The normalized spacial score (nSPS) is 10.5. The van der Waals surface area contributed by atoms with Gasteiger partial charge < -0.3 is 15.2 Å². The number of benzene rings is 2. The van der Waals surface area contributed by atoms with Crippen LogP contribution >= 0.6 is 11.6 Å². The van der Waals surface area contributed by atoms with Crippen molar-refractivity contribution in [2.45, 2.75) is 26.7 Å². The lowest BCUT2D eigenvalue weighted by Gasteiger charge is -2.12. The van der Waals surface area contributed by atoms with Crippen molar-refractivity contribution in [3.8, 4) is 5.75 Å². The summed E-state index contributed by atoms with van der Waals surface area (Å²) in [5, 5.41) is 12.7. The van der Waals surface area contributed by atoms with Gasteiger partial charge in [-0.15, -0.1) is 0 Å². The number of carbonyl (C=O) groups is 1. The van der Waals surface area contributed by atoms with E-state index in [0.29, 0.717) is 23.9 Å². The van der Waals surface area contributed by atoms with Gasteiger partial charge in [-0.2, -0.15) is 0 Å². The molecule has 0 fully saturated rings. The minimum atomic E-state index is -0.988. The van der Waals surface area contributed by atoms with Gasteiger partial charge in [-0.1, -0.05) is 23.7 Å². The number of aryl methyl sites for hydroxylation is 2. The second-order valence-corrected chi connectivity index (χ2v) is 6.18. The molecule has 128 valence electrons. The number of anilines is 1. The summed E-state index contributed by atoms with van der Waals surface area (Å²) in [6.45, 7) is 5.36. The van der Waals surface area contributed by atoms with Gasteiger partial charge in [-0.05, 0) is 62.1 Å². The minimum Gasteiger partial charge on any atom is -0.494 e. The predicted octanol–water partition coefficient (Wildman–Crippen LogP) is 4.93. The molecule has 0 aliphatic carbocycles. The lowest BCUT2D eigenvalue weighted by Crippen LogP contribution is -2.09. The summed E-state index contributed by atoms with van der Waals surface area (Å²) in [6.07, 6.45) is 1.72. The third-order valence-electron chi connectivity index (χ3n) is 3.58. The first-order chi connectivity index (χ1) is 11.5. The molecule has 0 saturated heterocycles.